The molecule has 0 unspecified atom stereocenters. The Morgan fingerprint density at radius 2 is 1.83 bits per heavy atom. The number of alkyl halides is 3. The van der Waals surface area contributed by atoms with Gasteiger partial charge in [0.15, 0.2) is 0 Å². The minimum absolute atomic E-state index is 0.190. The van der Waals surface area contributed by atoms with Crippen molar-refractivity contribution in [3.05, 3.63) is 35.1 Å². The molecule has 1 heterocycles. The van der Waals surface area contributed by atoms with Crippen LogP contribution in [0.15, 0.2) is 23.2 Å². The molecule has 168 valence electrons. The number of nitrogens with two attached hydrogens (primary N) is 1. The fourth-order valence-electron chi connectivity index (χ4n) is 3.30. The van der Waals surface area contributed by atoms with Gasteiger partial charge in [0.1, 0.15) is 11.7 Å². The van der Waals surface area contributed by atoms with Crippen molar-refractivity contribution in [3.8, 4) is 0 Å². The third-order valence-electron chi connectivity index (χ3n) is 4.76. The maximum absolute atomic E-state index is 13.5. The number of hydrogen-bond acceptors (Lipinski definition) is 4. The van der Waals surface area contributed by atoms with Crippen molar-refractivity contribution in [1.82, 2.24) is 15.6 Å². The molecule has 6 nitrogen and oxygen atoms in total. The SMILES string of the molecule is CC(C)(C)N=C(CN1CCC(CNC(=O)c2cc(F)cc(C(F)(F)F)c2)CC1)NN. The number of hydrazine groups is 1. The van der Waals surface area contributed by atoms with E-state index < -0.39 is 23.5 Å². The molecule has 1 saturated heterocycles. The maximum Gasteiger partial charge on any atom is 0.416 e. The number of benzene rings is 1. The summed E-state index contributed by atoms with van der Waals surface area (Å²) in [5, 5.41) is 2.62. The molecule has 2 rings (SSSR count). The van der Waals surface area contributed by atoms with Crippen LogP contribution < -0.4 is 16.6 Å². The quantitative estimate of drug-likeness (QED) is 0.220. The molecule has 0 aliphatic carbocycles. The van der Waals surface area contributed by atoms with Gasteiger partial charge in [-0.25, -0.2) is 10.2 Å². The Hall–Kier alpha value is -2.20. The molecule has 0 atom stereocenters. The van der Waals surface area contributed by atoms with Crippen LogP contribution in [0, 0.1) is 11.7 Å². The fraction of sp³-hybridized carbons (Fsp3) is 0.600. The van der Waals surface area contributed by atoms with Gasteiger partial charge in [-0.1, -0.05) is 0 Å². The summed E-state index contributed by atoms with van der Waals surface area (Å²) >= 11 is 0. The van der Waals surface area contributed by atoms with Gasteiger partial charge < -0.3 is 10.7 Å². The minimum atomic E-state index is -4.71. The molecule has 1 aliphatic rings. The molecule has 1 aromatic rings. The lowest BCUT2D eigenvalue weighted by Gasteiger charge is -2.32. The van der Waals surface area contributed by atoms with Gasteiger partial charge in [-0.05, 0) is 70.8 Å². The van der Waals surface area contributed by atoms with Crippen LogP contribution in [-0.4, -0.2) is 48.4 Å². The Bertz CT molecular complexity index is 765. The van der Waals surface area contributed by atoms with Crippen LogP contribution in [0.2, 0.25) is 0 Å². The van der Waals surface area contributed by atoms with Crippen molar-refractivity contribution >= 4 is 11.7 Å². The Balaban J connectivity index is 1.86. The van der Waals surface area contributed by atoms with Crippen LogP contribution in [0.4, 0.5) is 17.6 Å². The van der Waals surface area contributed by atoms with Gasteiger partial charge in [-0.3, -0.25) is 14.7 Å². The van der Waals surface area contributed by atoms with Crippen molar-refractivity contribution in [2.75, 3.05) is 26.2 Å². The van der Waals surface area contributed by atoms with Crippen LogP contribution in [0.3, 0.4) is 0 Å². The van der Waals surface area contributed by atoms with Crippen LogP contribution in [0.1, 0.15) is 49.5 Å². The number of aliphatic imine (C=N–C) groups is 1. The molecule has 30 heavy (non-hydrogen) atoms. The Morgan fingerprint density at radius 3 is 2.37 bits per heavy atom. The van der Waals surface area contributed by atoms with Crippen molar-refractivity contribution in [2.24, 2.45) is 16.8 Å². The topological polar surface area (TPSA) is 82.8 Å². The summed E-state index contributed by atoms with van der Waals surface area (Å²) in [5.74, 6) is 4.63. The number of nitrogens with one attached hydrogen (secondary N) is 2. The molecule has 0 bridgehead atoms. The van der Waals surface area contributed by atoms with E-state index >= 15 is 0 Å². The van der Waals surface area contributed by atoms with Crippen LogP contribution in [0.25, 0.3) is 0 Å². The summed E-state index contributed by atoms with van der Waals surface area (Å²) in [6.07, 6.45) is -3.09. The number of carbonyl (C=O) groups excluding carboxylic acids is 1. The zero-order chi connectivity index (χ0) is 22.5. The smallest absolute Gasteiger partial charge is 0.352 e. The van der Waals surface area contributed by atoms with Crippen LogP contribution in [0.5, 0.6) is 0 Å². The second-order valence-corrected chi connectivity index (χ2v) is 8.53. The van der Waals surface area contributed by atoms with E-state index in [1.165, 1.54) is 0 Å². The maximum atomic E-state index is 13.5. The predicted molar refractivity (Wildman–Crippen MR) is 107 cm³/mol. The molecule has 1 fully saturated rings. The Morgan fingerprint density at radius 1 is 1.20 bits per heavy atom. The lowest BCUT2D eigenvalue weighted by Crippen LogP contribution is -2.45. The average molecular weight is 431 g/mol. The van der Waals surface area contributed by atoms with Gasteiger partial charge in [0.05, 0.1) is 17.6 Å². The van der Waals surface area contributed by atoms with E-state index in [1.54, 1.807) is 0 Å². The number of rotatable bonds is 5. The molecular formula is C20H29F4N5O. The first kappa shape index (κ1) is 24.1. The van der Waals surface area contributed by atoms with Gasteiger partial charge in [-0.2, -0.15) is 13.2 Å². The van der Waals surface area contributed by atoms with Crippen molar-refractivity contribution < 1.29 is 22.4 Å². The van der Waals surface area contributed by atoms with Crippen molar-refractivity contribution in [1.29, 1.82) is 0 Å². The molecule has 10 heteroatoms. The number of carbonyl (C=O) groups is 1. The highest BCUT2D eigenvalue weighted by Gasteiger charge is 2.32. The minimum Gasteiger partial charge on any atom is -0.352 e. The predicted octanol–water partition coefficient (Wildman–Crippen LogP) is 2.95. The van der Waals surface area contributed by atoms with E-state index in [-0.39, 0.29) is 17.0 Å². The third-order valence-corrected chi connectivity index (χ3v) is 4.76. The van der Waals surface area contributed by atoms with Crippen LogP contribution >= 0.6 is 0 Å². The first-order valence-corrected chi connectivity index (χ1v) is 9.81. The monoisotopic (exact) mass is 431 g/mol. The molecular weight excluding hydrogens is 402 g/mol. The largest absolute Gasteiger partial charge is 0.416 e. The summed E-state index contributed by atoms with van der Waals surface area (Å²) in [5.41, 5.74) is 0.878. The second kappa shape index (κ2) is 9.74. The van der Waals surface area contributed by atoms with Gasteiger partial charge in [0.25, 0.3) is 5.91 Å². The van der Waals surface area contributed by atoms with Crippen molar-refractivity contribution in [2.45, 2.75) is 45.3 Å². The Labute approximate surface area is 173 Å². The molecule has 1 aliphatic heterocycles. The summed E-state index contributed by atoms with van der Waals surface area (Å²) < 4.78 is 51.9. The molecule has 0 saturated carbocycles. The molecule has 0 aromatic heterocycles. The lowest BCUT2D eigenvalue weighted by atomic mass is 9.96. The van der Waals surface area contributed by atoms with E-state index in [0.29, 0.717) is 31.1 Å². The van der Waals surface area contributed by atoms with Gasteiger partial charge in [0.2, 0.25) is 0 Å². The third kappa shape index (κ3) is 7.56. The van der Waals surface area contributed by atoms with E-state index in [9.17, 15) is 22.4 Å². The molecule has 0 spiro atoms. The number of hydrogen-bond donors (Lipinski definition) is 3. The summed E-state index contributed by atoms with van der Waals surface area (Å²) in [6.45, 7) is 8.42. The average Bonchev–Trinajstić information content (AvgIpc) is 2.64. The number of halogens is 4. The van der Waals surface area contributed by atoms with Crippen LogP contribution in [-0.2, 0) is 6.18 Å². The lowest BCUT2D eigenvalue weighted by molar-refractivity contribution is -0.137. The highest BCUT2D eigenvalue weighted by atomic mass is 19.4. The number of amidine groups is 1. The van der Waals surface area contributed by atoms with Gasteiger partial charge >= 0.3 is 6.18 Å². The Kier molecular flexibility index (Phi) is 7.81. The van der Waals surface area contributed by atoms with Gasteiger partial charge in [-0.15, -0.1) is 0 Å². The first-order valence-electron chi connectivity index (χ1n) is 9.81. The number of piperidine rings is 1. The zero-order valence-electron chi connectivity index (χ0n) is 17.4. The van der Waals surface area contributed by atoms with Gasteiger partial charge in [0, 0.05) is 12.1 Å². The summed E-state index contributed by atoms with van der Waals surface area (Å²) in [4.78, 5) is 18.9. The standard InChI is InChI=1S/C20H29F4N5O/c1-19(2,3)27-17(28-25)12-29-6-4-13(5-7-29)11-26-18(30)14-8-15(20(22,23)24)10-16(21)9-14/h8-10,13H,4-7,11-12,25H2,1-3H3,(H,26,30)(H,27,28). The second-order valence-electron chi connectivity index (χ2n) is 8.53. The van der Waals surface area contributed by atoms with E-state index in [2.05, 4.69) is 20.6 Å². The fourth-order valence-corrected chi connectivity index (χ4v) is 3.30. The highest BCUT2D eigenvalue weighted by molar-refractivity contribution is 5.94. The summed E-state index contributed by atoms with van der Waals surface area (Å²) in [7, 11) is 0. The van der Waals surface area contributed by atoms with Crippen molar-refractivity contribution in [3.63, 3.8) is 0 Å². The molecule has 4 N–H and O–H groups in total. The van der Waals surface area contributed by atoms with E-state index in [0.717, 1.165) is 32.0 Å². The number of likely N-dealkylation sites (tertiary alicyclic amines) is 1. The van der Waals surface area contributed by atoms with E-state index in [4.69, 9.17) is 5.84 Å². The zero-order valence-corrected chi connectivity index (χ0v) is 17.4. The number of nitrogens with zero attached hydrogens (tertiary/aromatic N) is 2. The van der Waals surface area contributed by atoms with E-state index in [1.807, 2.05) is 20.8 Å². The summed E-state index contributed by atoms with van der Waals surface area (Å²) in [6, 6.07) is 1.85. The first-order chi connectivity index (χ1) is 13.9. The molecule has 0 radical (unpaired) electrons. The molecule has 1 amide bonds. The normalized spacial score (nSPS) is 17.1. The highest BCUT2D eigenvalue weighted by Crippen LogP contribution is 2.30. The molecule has 1 aromatic carbocycles. The number of amides is 1.